The Morgan fingerprint density at radius 3 is 2.16 bits per heavy atom. The summed E-state index contributed by atoms with van der Waals surface area (Å²) < 4.78 is 16.4. The van der Waals surface area contributed by atoms with Gasteiger partial charge in [-0.1, -0.05) is 12.1 Å². The topological polar surface area (TPSA) is 68.3 Å². The highest BCUT2D eigenvalue weighted by Gasteiger charge is 2.27. The standard InChI is InChI=1S/C24H30N2O5/c1-17-9-10-19(15-18(17)2)31-16-22(27)25-11-6-12-26(14-13-25)24(28)23-20(29-3)7-5-8-21(23)30-4/h5,7-10,15H,6,11-14,16H2,1-4H3. The predicted molar refractivity (Wildman–Crippen MR) is 118 cm³/mol. The van der Waals surface area contributed by atoms with Crippen LogP contribution in [-0.2, 0) is 4.79 Å². The van der Waals surface area contributed by atoms with E-state index in [1.54, 1.807) is 28.0 Å². The van der Waals surface area contributed by atoms with Crippen LogP contribution in [0.3, 0.4) is 0 Å². The molecule has 0 aromatic heterocycles. The summed E-state index contributed by atoms with van der Waals surface area (Å²) in [5, 5.41) is 0. The summed E-state index contributed by atoms with van der Waals surface area (Å²) in [5.74, 6) is 1.40. The van der Waals surface area contributed by atoms with Gasteiger partial charge < -0.3 is 24.0 Å². The average Bonchev–Trinajstić information content (AvgIpc) is 3.05. The maximum Gasteiger partial charge on any atom is 0.261 e. The summed E-state index contributed by atoms with van der Waals surface area (Å²) in [6.45, 7) is 6.07. The van der Waals surface area contributed by atoms with Crippen LogP contribution in [0.4, 0.5) is 0 Å². The zero-order valence-electron chi connectivity index (χ0n) is 18.6. The third-order valence-electron chi connectivity index (χ3n) is 5.62. The number of hydrogen-bond donors (Lipinski definition) is 0. The normalized spacial score (nSPS) is 14.1. The van der Waals surface area contributed by atoms with Crippen molar-refractivity contribution in [3.8, 4) is 17.2 Å². The summed E-state index contributed by atoms with van der Waals surface area (Å²) >= 11 is 0. The number of nitrogens with zero attached hydrogens (tertiary/aromatic N) is 2. The molecule has 1 heterocycles. The smallest absolute Gasteiger partial charge is 0.261 e. The zero-order valence-corrected chi connectivity index (χ0v) is 18.6. The lowest BCUT2D eigenvalue weighted by Crippen LogP contribution is -2.39. The molecule has 1 aliphatic heterocycles. The third-order valence-corrected chi connectivity index (χ3v) is 5.62. The summed E-state index contributed by atoms with van der Waals surface area (Å²) in [4.78, 5) is 29.4. The van der Waals surface area contributed by atoms with Crippen LogP contribution in [0.25, 0.3) is 0 Å². The summed E-state index contributed by atoms with van der Waals surface area (Å²) in [5.41, 5.74) is 2.72. The van der Waals surface area contributed by atoms with E-state index in [9.17, 15) is 9.59 Å². The van der Waals surface area contributed by atoms with Gasteiger partial charge in [0.05, 0.1) is 14.2 Å². The minimum absolute atomic E-state index is 0.0171. The minimum atomic E-state index is -0.157. The lowest BCUT2D eigenvalue weighted by molar-refractivity contribution is -0.133. The Morgan fingerprint density at radius 2 is 1.52 bits per heavy atom. The van der Waals surface area contributed by atoms with Crippen LogP contribution in [0, 0.1) is 13.8 Å². The van der Waals surface area contributed by atoms with Crippen LogP contribution < -0.4 is 14.2 Å². The molecular formula is C24H30N2O5. The molecule has 1 aliphatic rings. The molecule has 0 aliphatic carbocycles. The number of amides is 2. The lowest BCUT2D eigenvalue weighted by atomic mass is 10.1. The Morgan fingerprint density at radius 1 is 0.871 bits per heavy atom. The van der Waals surface area contributed by atoms with Crippen LogP contribution in [0.1, 0.15) is 27.9 Å². The van der Waals surface area contributed by atoms with Gasteiger partial charge in [-0.3, -0.25) is 9.59 Å². The predicted octanol–water partition coefficient (Wildman–Crippen LogP) is 3.07. The van der Waals surface area contributed by atoms with Crippen LogP contribution >= 0.6 is 0 Å². The van der Waals surface area contributed by atoms with E-state index in [0.717, 1.165) is 5.56 Å². The number of aryl methyl sites for hydroxylation is 2. The van der Waals surface area contributed by atoms with E-state index >= 15 is 0 Å². The highest BCUT2D eigenvalue weighted by Crippen LogP contribution is 2.30. The van der Waals surface area contributed by atoms with Gasteiger partial charge in [0.1, 0.15) is 22.8 Å². The molecule has 0 bridgehead atoms. The highest BCUT2D eigenvalue weighted by molar-refractivity contribution is 5.99. The SMILES string of the molecule is COc1cccc(OC)c1C(=O)N1CCCN(C(=O)COc2ccc(C)c(C)c2)CC1. The lowest BCUT2D eigenvalue weighted by Gasteiger charge is -2.23. The Bertz CT molecular complexity index is 921. The average molecular weight is 427 g/mol. The molecule has 0 spiro atoms. The molecule has 1 saturated heterocycles. The van der Waals surface area contributed by atoms with E-state index in [1.807, 2.05) is 32.0 Å². The highest BCUT2D eigenvalue weighted by atomic mass is 16.5. The Labute approximate surface area is 183 Å². The van der Waals surface area contributed by atoms with Gasteiger partial charge >= 0.3 is 0 Å². The molecule has 2 aromatic rings. The molecule has 0 atom stereocenters. The van der Waals surface area contributed by atoms with Crippen molar-refractivity contribution in [2.24, 2.45) is 0 Å². The first-order valence-corrected chi connectivity index (χ1v) is 10.4. The molecule has 2 aromatic carbocycles. The van der Waals surface area contributed by atoms with Crippen molar-refractivity contribution in [2.75, 3.05) is 47.0 Å². The number of methoxy groups -OCH3 is 2. The molecule has 31 heavy (non-hydrogen) atoms. The van der Waals surface area contributed by atoms with Gasteiger partial charge in [0.15, 0.2) is 6.61 Å². The Kier molecular flexibility index (Phi) is 7.39. The fourth-order valence-corrected chi connectivity index (χ4v) is 3.63. The molecule has 7 heteroatoms. The second kappa shape index (κ2) is 10.2. The number of ether oxygens (including phenoxy) is 3. The summed E-state index contributed by atoms with van der Waals surface area (Å²) in [7, 11) is 3.06. The maximum absolute atomic E-state index is 13.2. The first-order valence-electron chi connectivity index (χ1n) is 10.4. The van der Waals surface area contributed by atoms with E-state index < -0.39 is 0 Å². The fourth-order valence-electron chi connectivity index (χ4n) is 3.63. The molecule has 166 valence electrons. The minimum Gasteiger partial charge on any atom is -0.496 e. The number of rotatable bonds is 6. The van der Waals surface area contributed by atoms with Gasteiger partial charge in [-0.05, 0) is 55.7 Å². The van der Waals surface area contributed by atoms with E-state index in [0.29, 0.717) is 55.4 Å². The van der Waals surface area contributed by atoms with Crippen molar-refractivity contribution in [1.29, 1.82) is 0 Å². The molecule has 0 N–H and O–H groups in total. The van der Waals surface area contributed by atoms with Crippen molar-refractivity contribution in [2.45, 2.75) is 20.3 Å². The van der Waals surface area contributed by atoms with Gasteiger partial charge in [-0.25, -0.2) is 0 Å². The largest absolute Gasteiger partial charge is 0.496 e. The van der Waals surface area contributed by atoms with E-state index in [4.69, 9.17) is 14.2 Å². The van der Waals surface area contributed by atoms with Crippen molar-refractivity contribution < 1.29 is 23.8 Å². The Balaban J connectivity index is 1.62. The number of hydrogen-bond acceptors (Lipinski definition) is 5. The van der Waals surface area contributed by atoms with E-state index in [-0.39, 0.29) is 18.4 Å². The first-order chi connectivity index (χ1) is 14.9. The van der Waals surface area contributed by atoms with Crippen LogP contribution in [0.5, 0.6) is 17.2 Å². The molecule has 2 amide bonds. The third kappa shape index (κ3) is 5.29. The first kappa shape index (κ1) is 22.5. The van der Waals surface area contributed by atoms with Gasteiger partial charge in [0, 0.05) is 26.2 Å². The van der Waals surface area contributed by atoms with Crippen molar-refractivity contribution in [3.05, 3.63) is 53.1 Å². The monoisotopic (exact) mass is 426 g/mol. The van der Waals surface area contributed by atoms with Gasteiger partial charge in [-0.15, -0.1) is 0 Å². The van der Waals surface area contributed by atoms with Gasteiger partial charge in [-0.2, -0.15) is 0 Å². The number of benzene rings is 2. The molecule has 3 rings (SSSR count). The van der Waals surface area contributed by atoms with Gasteiger partial charge in [0.2, 0.25) is 0 Å². The van der Waals surface area contributed by atoms with Crippen molar-refractivity contribution in [1.82, 2.24) is 9.80 Å². The molecule has 0 saturated carbocycles. The summed E-state index contributed by atoms with van der Waals surface area (Å²) in [6, 6.07) is 11.1. The molecular weight excluding hydrogens is 396 g/mol. The summed E-state index contributed by atoms with van der Waals surface area (Å²) in [6.07, 6.45) is 0.693. The fraction of sp³-hybridized carbons (Fsp3) is 0.417. The van der Waals surface area contributed by atoms with Crippen molar-refractivity contribution >= 4 is 11.8 Å². The van der Waals surface area contributed by atoms with Crippen LogP contribution in [0.15, 0.2) is 36.4 Å². The van der Waals surface area contributed by atoms with Crippen LogP contribution in [-0.4, -0.2) is 68.6 Å². The van der Waals surface area contributed by atoms with E-state index in [2.05, 4.69) is 0 Å². The quantitative estimate of drug-likeness (QED) is 0.710. The second-order valence-electron chi connectivity index (χ2n) is 7.60. The maximum atomic E-state index is 13.2. The van der Waals surface area contributed by atoms with Crippen molar-refractivity contribution in [3.63, 3.8) is 0 Å². The zero-order chi connectivity index (χ0) is 22.4. The second-order valence-corrected chi connectivity index (χ2v) is 7.60. The number of carbonyl (C=O) groups is 2. The van der Waals surface area contributed by atoms with Gasteiger partial charge in [0.25, 0.3) is 11.8 Å². The van der Waals surface area contributed by atoms with Crippen LogP contribution in [0.2, 0.25) is 0 Å². The number of carbonyl (C=O) groups excluding carboxylic acids is 2. The Hall–Kier alpha value is -3.22. The molecule has 1 fully saturated rings. The molecule has 0 unspecified atom stereocenters. The molecule has 7 nitrogen and oxygen atoms in total. The molecule has 0 radical (unpaired) electrons. The van der Waals surface area contributed by atoms with E-state index in [1.165, 1.54) is 19.8 Å².